The van der Waals surface area contributed by atoms with Crippen LogP contribution in [0.2, 0.25) is 0 Å². The van der Waals surface area contributed by atoms with Crippen LogP contribution in [0.25, 0.3) is 77.2 Å². The third-order valence-corrected chi connectivity index (χ3v) is 12.7. The maximum Gasteiger partial charge on any atom is 0.0540 e. The first kappa shape index (κ1) is 35.7. The summed E-state index contributed by atoms with van der Waals surface area (Å²) in [6.07, 6.45) is 0. The van der Waals surface area contributed by atoms with Gasteiger partial charge in [-0.2, -0.15) is 0 Å². The molecule has 0 N–H and O–H groups in total. The molecule has 0 bridgehead atoms. The highest BCUT2D eigenvalue weighted by Crippen LogP contribution is 2.51. The van der Waals surface area contributed by atoms with Crippen molar-refractivity contribution >= 4 is 38.6 Å². The largest absolute Gasteiger partial charge is 0.310 e. The lowest BCUT2D eigenvalue weighted by Crippen LogP contribution is -2.16. The van der Waals surface area contributed by atoms with Crippen LogP contribution in [0.3, 0.4) is 0 Å². The van der Waals surface area contributed by atoms with Crippen LogP contribution >= 0.6 is 0 Å². The predicted molar refractivity (Wildman–Crippen MR) is 255 cm³/mol. The van der Waals surface area contributed by atoms with Crippen molar-refractivity contribution in [3.05, 3.63) is 236 Å². The quantitative estimate of drug-likeness (QED) is 0.156. The molecule has 0 aliphatic heterocycles. The number of fused-ring (bicyclic) bond motifs is 5. The average molecular weight is 766 g/mol. The highest BCUT2D eigenvalue weighted by molar-refractivity contribution is 6.14. The van der Waals surface area contributed by atoms with Crippen LogP contribution in [-0.2, 0) is 5.41 Å². The normalized spacial score (nSPS) is 12.6. The van der Waals surface area contributed by atoms with Crippen molar-refractivity contribution in [1.82, 2.24) is 0 Å². The van der Waals surface area contributed by atoms with E-state index >= 15 is 0 Å². The molecule has 284 valence electrons. The van der Waals surface area contributed by atoms with Gasteiger partial charge < -0.3 is 4.90 Å². The van der Waals surface area contributed by atoms with Crippen LogP contribution in [0.4, 0.5) is 17.1 Å². The van der Waals surface area contributed by atoms with Gasteiger partial charge in [0.1, 0.15) is 0 Å². The fourth-order valence-electron chi connectivity index (χ4n) is 9.78. The van der Waals surface area contributed by atoms with Crippen molar-refractivity contribution < 1.29 is 0 Å². The molecule has 0 spiro atoms. The van der Waals surface area contributed by atoms with Gasteiger partial charge in [0.05, 0.1) is 5.69 Å². The zero-order chi connectivity index (χ0) is 40.2. The van der Waals surface area contributed by atoms with Crippen LogP contribution in [0.5, 0.6) is 0 Å². The number of nitrogens with zero attached hydrogens (tertiary/aromatic N) is 1. The van der Waals surface area contributed by atoms with E-state index in [1.54, 1.807) is 0 Å². The summed E-state index contributed by atoms with van der Waals surface area (Å²) in [5.41, 5.74) is 18.4. The van der Waals surface area contributed by atoms with Crippen LogP contribution in [0.15, 0.2) is 224 Å². The molecule has 0 saturated heterocycles. The number of rotatable bonds is 7. The monoisotopic (exact) mass is 765 g/mol. The van der Waals surface area contributed by atoms with Gasteiger partial charge in [-0.25, -0.2) is 0 Å². The van der Waals surface area contributed by atoms with Gasteiger partial charge in [0.25, 0.3) is 0 Å². The first-order valence-corrected chi connectivity index (χ1v) is 20.9. The number of benzene rings is 10. The summed E-state index contributed by atoms with van der Waals surface area (Å²) in [6, 6.07) is 82.4. The molecule has 1 aliphatic rings. The zero-order valence-electron chi connectivity index (χ0n) is 33.8. The van der Waals surface area contributed by atoms with E-state index in [1.807, 2.05) is 0 Å². The van der Waals surface area contributed by atoms with Crippen LogP contribution in [-0.4, -0.2) is 0 Å². The van der Waals surface area contributed by atoms with Crippen molar-refractivity contribution in [1.29, 1.82) is 0 Å². The van der Waals surface area contributed by atoms with Crippen molar-refractivity contribution in [2.75, 3.05) is 4.90 Å². The molecule has 11 rings (SSSR count). The minimum atomic E-state index is -0.119. The van der Waals surface area contributed by atoms with Gasteiger partial charge in [-0.05, 0) is 113 Å². The number of para-hydroxylation sites is 1. The summed E-state index contributed by atoms with van der Waals surface area (Å²) >= 11 is 0. The molecule has 60 heavy (non-hydrogen) atoms. The molecule has 10 aromatic rings. The Balaban J connectivity index is 1.10. The van der Waals surface area contributed by atoms with Gasteiger partial charge >= 0.3 is 0 Å². The smallest absolute Gasteiger partial charge is 0.0540 e. The molecule has 1 nitrogen and oxygen atoms in total. The Labute approximate surface area is 352 Å². The van der Waals surface area contributed by atoms with E-state index in [0.717, 1.165) is 17.1 Å². The summed E-state index contributed by atoms with van der Waals surface area (Å²) in [7, 11) is 0. The topological polar surface area (TPSA) is 3.24 Å². The lowest BCUT2D eigenvalue weighted by atomic mass is 9.82. The Kier molecular flexibility index (Phi) is 8.57. The van der Waals surface area contributed by atoms with Gasteiger partial charge in [0.15, 0.2) is 0 Å². The SMILES string of the molecule is CC1(C)c2ccccc2-c2ccc(N(c3ccc(-c4ccc(-c5cccc6ccccc56)c5cccc(-c6ccccc6)c45)cc3)c3ccccc3-c3ccccc3)cc21. The Morgan fingerprint density at radius 3 is 1.60 bits per heavy atom. The highest BCUT2D eigenvalue weighted by Gasteiger charge is 2.36. The fraction of sp³-hybridized carbons (Fsp3) is 0.0508. The van der Waals surface area contributed by atoms with Crippen LogP contribution in [0.1, 0.15) is 25.0 Å². The fourth-order valence-corrected chi connectivity index (χ4v) is 9.78. The molecule has 0 atom stereocenters. The standard InChI is InChI=1S/C59H43N/c1-59(2)55-29-13-11-25-52(55)53-36-35-45(39-56(53)59)60(57-30-14-12-24-47(57)41-17-5-3-6-18-41)44-33-31-43(32-34-44)49-37-38-51(50-27-15-22-40-21-9-10-23-46(40)50)54-28-16-26-48(58(49)54)42-19-7-4-8-20-42/h3-39H,1-2H3. The highest BCUT2D eigenvalue weighted by atomic mass is 15.1. The molecular weight excluding hydrogens is 723 g/mol. The minimum absolute atomic E-state index is 0.119. The zero-order valence-corrected chi connectivity index (χ0v) is 33.8. The van der Waals surface area contributed by atoms with E-state index in [0.29, 0.717) is 0 Å². The molecule has 0 saturated carbocycles. The molecule has 0 radical (unpaired) electrons. The summed E-state index contributed by atoms with van der Waals surface area (Å²) in [5, 5.41) is 5.01. The molecular formula is C59H43N. The van der Waals surface area contributed by atoms with E-state index in [9.17, 15) is 0 Å². The van der Waals surface area contributed by atoms with Crippen molar-refractivity contribution in [3.8, 4) is 55.6 Å². The molecule has 1 heteroatoms. The van der Waals surface area contributed by atoms with Gasteiger partial charge in [-0.1, -0.05) is 208 Å². The molecule has 0 aromatic heterocycles. The molecule has 0 unspecified atom stereocenters. The maximum absolute atomic E-state index is 2.45. The van der Waals surface area contributed by atoms with Gasteiger partial charge in [-0.15, -0.1) is 0 Å². The number of hydrogen-bond acceptors (Lipinski definition) is 1. The second-order valence-corrected chi connectivity index (χ2v) is 16.4. The van der Waals surface area contributed by atoms with Crippen molar-refractivity contribution in [3.63, 3.8) is 0 Å². The minimum Gasteiger partial charge on any atom is -0.310 e. The lowest BCUT2D eigenvalue weighted by Gasteiger charge is -2.30. The molecule has 10 aromatic carbocycles. The van der Waals surface area contributed by atoms with Crippen LogP contribution < -0.4 is 4.90 Å². The molecule has 0 heterocycles. The van der Waals surface area contributed by atoms with E-state index < -0.39 is 0 Å². The van der Waals surface area contributed by atoms with Gasteiger partial charge in [0, 0.05) is 22.4 Å². The third kappa shape index (κ3) is 5.85. The summed E-state index contributed by atoms with van der Waals surface area (Å²) in [6.45, 7) is 4.72. The van der Waals surface area contributed by atoms with E-state index in [1.165, 1.54) is 88.3 Å². The second kappa shape index (κ2) is 14.4. The Bertz CT molecular complexity index is 3210. The average Bonchev–Trinajstić information content (AvgIpc) is 3.54. The van der Waals surface area contributed by atoms with E-state index in [4.69, 9.17) is 0 Å². The Hall–Kier alpha value is -7.48. The van der Waals surface area contributed by atoms with Gasteiger partial charge in [-0.3, -0.25) is 0 Å². The Morgan fingerprint density at radius 1 is 0.317 bits per heavy atom. The van der Waals surface area contributed by atoms with E-state index in [-0.39, 0.29) is 5.41 Å². The number of hydrogen-bond donors (Lipinski definition) is 0. The molecule has 1 aliphatic carbocycles. The summed E-state index contributed by atoms with van der Waals surface area (Å²) in [5.74, 6) is 0. The first-order chi connectivity index (χ1) is 29.5. The molecule has 0 amide bonds. The van der Waals surface area contributed by atoms with E-state index in [2.05, 4.69) is 243 Å². The van der Waals surface area contributed by atoms with Gasteiger partial charge in [0.2, 0.25) is 0 Å². The predicted octanol–water partition coefficient (Wildman–Crippen LogP) is 16.4. The number of anilines is 3. The lowest BCUT2D eigenvalue weighted by molar-refractivity contribution is 0.660. The Morgan fingerprint density at radius 2 is 0.800 bits per heavy atom. The van der Waals surface area contributed by atoms with Crippen molar-refractivity contribution in [2.45, 2.75) is 19.3 Å². The third-order valence-electron chi connectivity index (χ3n) is 12.7. The molecule has 0 fully saturated rings. The maximum atomic E-state index is 2.45. The van der Waals surface area contributed by atoms with Crippen molar-refractivity contribution in [2.24, 2.45) is 0 Å². The first-order valence-electron chi connectivity index (χ1n) is 20.9. The summed E-state index contributed by atoms with van der Waals surface area (Å²) in [4.78, 5) is 2.45. The second-order valence-electron chi connectivity index (χ2n) is 16.4. The summed E-state index contributed by atoms with van der Waals surface area (Å²) < 4.78 is 0. The van der Waals surface area contributed by atoms with Crippen LogP contribution in [0, 0.1) is 0 Å².